The number of nitrogens with zero attached hydrogens (tertiary/aromatic N) is 4. The minimum Gasteiger partial charge on any atom is -0.392 e. The third-order valence-electron chi connectivity index (χ3n) is 5.02. The second kappa shape index (κ2) is 8.02. The Labute approximate surface area is 162 Å². The van der Waals surface area contributed by atoms with Crippen molar-refractivity contribution in [2.24, 2.45) is 0 Å². The number of benzene rings is 1. The zero-order chi connectivity index (χ0) is 18.6. The molecule has 4 rings (SSSR count). The Bertz CT molecular complexity index is 889. The van der Waals surface area contributed by atoms with E-state index in [-0.39, 0.29) is 18.4 Å². The van der Waals surface area contributed by atoms with Gasteiger partial charge in [-0.2, -0.15) is 0 Å². The standard InChI is InChI=1S/C20H22N4O2S/c25-12-15-3-5-16(6-4-15)20(26)24-8-1-2-17(10-24)19-21-7-9-23(19)11-18-13-27-14-22-18/h3-7,9,13-14,17,25H,1-2,8,10-12H2/t17-/m1/s1. The second-order valence-corrected chi connectivity index (χ2v) is 7.56. The molecular formula is C20H22N4O2S. The molecule has 1 fully saturated rings. The number of likely N-dealkylation sites (tertiary alicyclic amines) is 1. The summed E-state index contributed by atoms with van der Waals surface area (Å²) < 4.78 is 2.14. The van der Waals surface area contributed by atoms with E-state index in [4.69, 9.17) is 5.11 Å². The van der Waals surface area contributed by atoms with Crippen LogP contribution in [-0.4, -0.2) is 43.5 Å². The first kappa shape index (κ1) is 17.9. The lowest BCUT2D eigenvalue weighted by Crippen LogP contribution is -2.39. The van der Waals surface area contributed by atoms with E-state index in [2.05, 4.69) is 19.9 Å². The fourth-order valence-corrected chi connectivity index (χ4v) is 4.16. The smallest absolute Gasteiger partial charge is 0.253 e. The van der Waals surface area contributed by atoms with Crippen molar-refractivity contribution >= 4 is 17.2 Å². The summed E-state index contributed by atoms with van der Waals surface area (Å²) in [7, 11) is 0. The fraction of sp³-hybridized carbons (Fsp3) is 0.350. The lowest BCUT2D eigenvalue weighted by molar-refractivity contribution is 0.0703. The summed E-state index contributed by atoms with van der Waals surface area (Å²) in [6.07, 6.45) is 5.81. The Morgan fingerprint density at radius 1 is 1.26 bits per heavy atom. The molecule has 3 aromatic rings. The van der Waals surface area contributed by atoms with Crippen molar-refractivity contribution in [3.05, 3.63) is 70.2 Å². The molecule has 1 aromatic carbocycles. The molecule has 0 aliphatic carbocycles. The van der Waals surface area contributed by atoms with Gasteiger partial charge >= 0.3 is 0 Å². The van der Waals surface area contributed by atoms with Crippen molar-refractivity contribution in [2.75, 3.05) is 13.1 Å². The van der Waals surface area contributed by atoms with Crippen LogP contribution in [-0.2, 0) is 13.2 Å². The molecule has 1 atom stereocenters. The number of aliphatic hydroxyl groups is 1. The molecule has 0 bridgehead atoms. The average molecular weight is 382 g/mol. The van der Waals surface area contributed by atoms with Gasteiger partial charge in [0, 0.05) is 42.3 Å². The molecule has 1 saturated heterocycles. The number of rotatable bonds is 5. The third kappa shape index (κ3) is 3.94. The lowest BCUT2D eigenvalue weighted by Gasteiger charge is -2.32. The predicted octanol–water partition coefficient (Wildman–Crippen LogP) is 2.90. The Hall–Kier alpha value is -2.51. The van der Waals surface area contributed by atoms with Gasteiger partial charge in [0.25, 0.3) is 5.91 Å². The molecular weight excluding hydrogens is 360 g/mol. The SMILES string of the molecule is O=C(c1ccc(CO)cc1)N1CCC[C@@H](c2nccn2Cc2cscn2)C1. The number of aliphatic hydroxyl groups excluding tert-OH is 1. The maximum Gasteiger partial charge on any atom is 0.253 e. The quantitative estimate of drug-likeness (QED) is 0.737. The molecule has 2 aromatic heterocycles. The van der Waals surface area contributed by atoms with E-state index in [1.807, 2.05) is 22.8 Å². The summed E-state index contributed by atoms with van der Waals surface area (Å²) in [6.45, 7) is 2.15. The molecule has 0 unspecified atom stereocenters. The van der Waals surface area contributed by atoms with Crippen molar-refractivity contribution in [2.45, 2.75) is 31.9 Å². The number of amides is 1. The van der Waals surface area contributed by atoms with Gasteiger partial charge in [0.1, 0.15) is 5.82 Å². The number of imidazole rings is 1. The van der Waals surface area contributed by atoms with Crippen LogP contribution in [0.4, 0.5) is 0 Å². The van der Waals surface area contributed by atoms with Gasteiger partial charge < -0.3 is 14.6 Å². The molecule has 0 saturated carbocycles. The summed E-state index contributed by atoms with van der Waals surface area (Å²) in [5, 5.41) is 11.2. The van der Waals surface area contributed by atoms with Crippen molar-refractivity contribution in [1.82, 2.24) is 19.4 Å². The Balaban J connectivity index is 1.48. The van der Waals surface area contributed by atoms with Crippen LogP contribution in [0.2, 0.25) is 0 Å². The molecule has 3 heterocycles. The van der Waals surface area contributed by atoms with Gasteiger partial charge in [0.15, 0.2) is 0 Å². The topological polar surface area (TPSA) is 71.2 Å². The van der Waals surface area contributed by atoms with Gasteiger partial charge in [-0.25, -0.2) is 9.97 Å². The van der Waals surface area contributed by atoms with E-state index >= 15 is 0 Å². The highest BCUT2D eigenvalue weighted by Gasteiger charge is 2.28. The summed E-state index contributed by atoms with van der Waals surface area (Å²) in [4.78, 5) is 23.7. The monoisotopic (exact) mass is 382 g/mol. The van der Waals surface area contributed by atoms with E-state index in [9.17, 15) is 4.79 Å². The molecule has 6 nitrogen and oxygen atoms in total. The van der Waals surface area contributed by atoms with E-state index in [1.165, 1.54) is 0 Å². The average Bonchev–Trinajstić information content (AvgIpc) is 3.40. The molecule has 1 amide bonds. The van der Waals surface area contributed by atoms with Crippen LogP contribution < -0.4 is 0 Å². The zero-order valence-corrected chi connectivity index (χ0v) is 15.8. The van der Waals surface area contributed by atoms with Crippen LogP contribution in [0.5, 0.6) is 0 Å². The summed E-state index contributed by atoms with van der Waals surface area (Å²) in [5.74, 6) is 1.30. The first-order chi connectivity index (χ1) is 13.2. The summed E-state index contributed by atoms with van der Waals surface area (Å²) >= 11 is 1.59. The summed E-state index contributed by atoms with van der Waals surface area (Å²) in [5.41, 5.74) is 4.35. The van der Waals surface area contributed by atoms with Gasteiger partial charge in [0.05, 0.1) is 24.4 Å². The molecule has 1 N–H and O–H groups in total. The number of aromatic nitrogens is 3. The molecule has 1 aliphatic rings. The van der Waals surface area contributed by atoms with E-state index in [0.29, 0.717) is 18.7 Å². The number of thiazole rings is 1. The predicted molar refractivity (Wildman–Crippen MR) is 104 cm³/mol. The normalized spacial score (nSPS) is 17.2. The van der Waals surface area contributed by atoms with Crippen molar-refractivity contribution in [1.29, 1.82) is 0 Å². The van der Waals surface area contributed by atoms with E-state index in [0.717, 1.165) is 36.5 Å². The minimum atomic E-state index is -0.0120. The highest BCUT2D eigenvalue weighted by atomic mass is 32.1. The van der Waals surface area contributed by atoms with Crippen LogP contribution in [0.15, 0.2) is 47.5 Å². The molecule has 140 valence electrons. The molecule has 0 radical (unpaired) electrons. The van der Waals surface area contributed by atoms with Crippen molar-refractivity contribution in [3.8, 4) is 0 Å². The number of carbonyl (C=O) groups excluding carboxylic acids is 1. The van der Waals surface area contributed by atoms with E-state index in [1.54, 1.807) is 35.6 Å². The van der Waals surface area contributed by atoms with Gasteiger partial charge in [-0.05, 0) is 30.5 Å². The largest absolute Gasteiger partial charge is 0.392 e. The van der Waals surface area contributed by atoms with Crippen molar-refractivity contribution < 1.29 is 9.90 Å². The lowest BCUT2D eigenvalue weighted by atomic mass is 9.96. The first-order valence-electron chi connectivity index (χ1n) is 9.12. The van der Waals surface area contributed by atoms with Crippen LogP contribution in [0.1, 0.15) is 46.2 Å². The number of hydrogen-bond acceptors (Lipinski definition) is 5. The Morgan fingerprint density at radius 2 is 2.11 bits per heavy atom. The highest BCUT2D eigenvalue weighted by molar-refractivity contribution is 7.07. The molecule has 7 heteroatoms. The van der Waals surface area contributed by atoms with Crippen LogP contribution in [0, 0.1) is 0 Å². The zero-order valence-electron chi connectivity index (χ0n) is 15.0. The maximum absolute atomic E-state index is 12.9. The van der Waals surface area contributed by atoms with Crippen LogP contribution in [0.3, 0.4) is 0 Å². The first-order valence-corrected chi connectivity index (χ1v) is 10.1. The van der Waals surface area contributed by atoms with Gasteiger partial charge in [0.2, 0.25) is 0 Å². The van der Waals surface area contributed by atoms with Crippen LogP contribution >= 0.6 is 11.3 Å². The minimum absolute atomic E-state index is 0.0120. The van der Waals surface area contributed by atoms with Crippen molar-refractivity contribution in [3.63, 3.8) is 0 Å². The number of hydrogen-bond donors (Lipinski definition) is 1. The maximum atomic E-state index is 12.9. The number of piperidine rings is 1. The van der Waals surface area contributed by atoms with Gasteiger partial charge in [-0.1, -0.05) is 12.1 Å². The molecule has 0 spiro atoms. The molecule has 27 heavy (non-hydrogen) atoms. The Kier molecular flexibility index (Phi) is 5.31. The second-order valence-electron chi connectivity index (χ2n) is 6.84. The third-order valence-corrected chi connectivity index (χ3v) is 5.66. The number of carbonyl (C=O) groups is 1. The van der Waals surface area contributed by atoms with Gasteiger partial charge in [-0.3, -0.25) is 4.79 Å². The van der Waals surface area contributed by atoms with E-state index < -0.39 is 0 Å². The summed E-state index contributed by atoms with van der Waals surface area (Å²) in [6, 6.07) is 7.19. The van der Waals surface area contributed by atoms with Crippen LogP contribution in [0.25, 0.3) is 0 Å². The fourth-order valence-electron chi connectivity index (χ4n) is 3.61. The molecule has 1 aliphatic heterocycles. The Morgan fingerprint density at radius 3 is 2.85 bits per heavy atom. The highest BCUT2D eigenvalue weighted by Crippen LogP contribution is 2.27. The van der Waals surface area contributed by atoms with Gasteiger partial charge in [-0.15, -0.1) is 11.3 Å².